The highest BCUT2D eigenvalue weighted by Gasteiger charge is 2.23. The third-order valence-electron chi connectivity index (χ3n) is 1.54. The second-order valence-electron chi connectivity index (χ2n) is 4.34. The van der Waals surface area contributed by atoms with Crippen LogP contribution in [0.1, 0.15) is 27.2 Å². The molecule has 0 aliphatic heterocycles. The highest BCUT2D eigenvalue weighted by Crippen LogP contribution is 2.10. The summed E-state index contributed by atoms with van der Waals surface area (Å²) in [7, 11) is 0. The van der Waals surface area contributed by atoms with E-state index in [0.717, 1.165) is 4.90 Å². The zero-order chi connectivity index (χ0) is 12.8. The van der Waals surface area contributed by atoms with Crippen LogP contribution in [0.4, 0.5) is 4.79 Å². The number of rotatable bonds is 5. The Hall–Kier alpha value is -0.970. The molecule has 0 atom stereocenters. The molecular formula is C10H18ClNO4. The van der Waals surface area contributed by atoms with Crippen molar-refractivity contribution in [2.45, 2.75) is 32.8 Å². The van der Waals surface area contributed by atoms with E-state index in [1.54, 1.807) is 20.8 Å². The van der Waals surface area contributed by atoms with Gasteiger partial charge in [0.2, 0.25) is 0 Å². The number of halogens is 1. The highest BCUT2D eigenvalue weighted by molar-refractivity contribution is 6.17. The molecule has 0 spiro atoms. The van der Waals surface area contributed by atoms with Crippen molar-refractivity contribution in [2.75, 3.05) is 19.0 Å². The lowest BCUT2D eigenvalue weighted by Crippen LogP contribution is -2.40. The van der Waals surface area contributed by atoms with Crippen LogP contribution in [0.2, 0.25) is 0 Å². The van der Waals surface area contributed by atoms with Crippen molar-refractivity contribution in [3.8, 4) is 0 Å². The largest absolute Gasteiger partial charge is 0.480 e. The van der Waals surface area contributed by atoms with Gasteiger partial charge in [0.1, 0.15) is 12.1 Å². The molecule has 0 aliphatic carbocycles. The van der Waals surface area contributed by atoms with Crippen LogP contribution in [-0.2, 0) is 9.53 Å². The van der Waals surface area contributed by atoms with Crippen LogP contribution in [-0.4, -0.2) is 46.6 Å². The number of ether oxygens (including phenoxy) is 1. The lowest BCUT2D eigenvalue weighted by atomic mass is 10.2. The number of amides is 1. The van der Waals surface area contributed by atoms with E-state index in [4.69, 9.17) is 21.4 Å². The van der Waals surface area contributed by atoms with Crippen molar-refractivity contribution in [1.29, 1.82) is 0 Å². The van der Waals surface area contributed by atoms with E-state index in [1.807, 2.05) is 0 Å². The van der Waals surface area contributed by atoms with E-state index in [-0.39, 0.29) is 13.1 Å². The van der Waals surface area contributed by atoms with Gasteiger partial charge in [-0.25, -0.2) is 4.79 Å². The topological polar surface area (TPSA) is 66.8 Å². The Balaban J connectivity index is 4.37. The minimum atomic E-state index is -1.07. The van der Waals surface area contributed by atoms with Crippen molar-refractivity contribution < 1.29 is 19.4 Å². The minimum Gasteiger partial charge on any atom is -0.480 e. The average Bonchev–Trinajstić information content (AvgIpc) is 2.08. The van der Waals surface area contributed by atoms with Crippen molar-refractivity contribution in [1.82, 2.24) is 4.90 Å². The van der Waals surface area contributed by atoms with Crippen LogP contribution in [0, 0.1) is 0 Å². The molecule has 0 fully saturated rings. The van der Waals surface area contributed by atoms with Crippen molar-refractivity contribution in [2.24, 2.45) is 0 Å². The fourth-order valence-electron chi connectivity index (χ4n) is 0.975. The fourth-order valence-corrected chi connectivity index (χ4v) is 1.09. The lowest BCUT2D eigenvalue weighted by molar-refractivity contribution is -0.138. The Bertz CT molecular complexity index is 250. The van der Waals surface area contributed by atoms with Crippen LogP contribution in [0.5, 0.6) is 0 Å². The Labute approximate surface area is 100 Å². The Kier molecular flexibility index (Phi) is 6.18. The van der Waals surface area contributed by atoms with E-state index in [9.17, 15) is 9.59 Å². The van der Waals surface area contributed by atoms with Gasteiger partial charge in [0.15, 0.2) is 0 Å². The van der Waals surface area contributed by atoms with Gasteiger partial charge in [-0.2, -0.15) is 0 Å². The molecule has 0 aromatic rings. The Morgan fingerprint density at radius 1 is 1.38 bits per heavy atom. The number of hydrogen-bond acceptors (Lipinski definition) is 3. The first-order valence-corrected chi connectivity index (χ1v) is 5.55. The van der Waals surface area contributed by atoms with E-state index in [0.29, 0.717) is 12.3 Å². The predicted molar refractivity (Wildman–Crippen MR) is 60.8 cm³/mol. The summed E-state index contributed by atoms with van der Waals surface area (Å²) in [6, 6.07) is 0. The molecule has 5 nitrogen and oxygen atoms in total. The number of alkyl halides is 1. The van der Waals surface area contributed by atoms with Gasteiger partial charge in [-0.1, -0.05) is 0 Å². The minimum absolute atomic E-state index is 0.282. The molecule has 0 saturated carbocycles. The lowest BCUT2D eigenvalue weighted by Gasteiger charge is -2.26. The van der Waals surface area contributed by atoms with Gasteiger partial charge in [-0.3, -0.25) is 9.69 Å². The molecule has 0 aromatic heterocycles. The van der Waals surface area contributed by atoms with Gasteiger partial charge in [-0.15, -0.1) is 11.6 Å². The summed E-state index contributed by atoms with van der Waals surface area (Å²) in [5.74, 6) is -0.695. The summed E-state index contributed by atoms with van der Waals surface area (Å²) in [5, 5.41) is 8.65. The molecule has 94 valence electrons. The van der Waals surface area contributed by atoms with Crippen molar-refractivity contribution in [3.05, 3.63) is 0 Å². The molecule has 0 aromatic carbocycles. The van der Waals surface area contributed by atoms with Crippen molar-refractivity contribution in [3.63, 3.8) is 0 Å². The smallest absolute Gasteiger partial charge is 0.410 e. The normalized spacial score (nSPS) is 11.0. The summed E-state index contributed by atoms with van der Waals surface area (Å²) in [6.07, 6.45) is -0.0892. The molecule has 0 rings (SSSR count). The van der Waals surface area contributed by atoms with E-state index in [1.165, 1.54) is 0 Å². The molecule has 6 heteroatoms. The number of carbonyl (C=O) groups excluding carboxylic acids is 1. The SMILES string of the molecule is CC(C)(C)OC(=O)N(CCCCl)CC(=O)O. The molecular weight excluding hydrogens is 234 g/mol. The van der Waals surface area contributed by atoms with E-state index >= 15 is 0 Å². The zero-order valence-corrected chi connectivity index (χ0v) is 10.6. The zero-order valence-electron chi connectivity index (χ0n) is 9.83. The summed E-state index contributed by atoms with van der Waals surface area (Å²) in [6.45, 7) is 5.10. The molecule has 0 aliphatic rings. The maximum Gasteiger partial charge on any atom is 0.410 e. The standard InChI is InChI=1S/C10H18ClNO4/c1-10(2,3)16-9(15)12(6-4-5-11)7-8(13)14/h4-7H2,1-3H3,(H,13,14). The first-order valence-electron chi connectivity index (χ1n) is 5.02. The van der Waals surface area contributed by atoms with Crippen LogP contribution in [0.15, 0.2) is 0 Å². The highest BCUT2D eigenvalue weighted by atomic mass is 35.5. The van der Waals surface area contributed by atoms with Crippen molar-refractivity contribution >= 4 is 23.7 Å². The fraction of sp³-hybridized carbons (Fsp3) is 0.800. The van der Waals surface area contributed by atoms with Gasteiger partial charge < -0.3 is 9.84 Å². The van der Waals surface area contributed by atoms with Crippen LogP contribution in [0.3, 0.4) is 0 Å². The molecule has 0 saturated heterocycles. The quantitative estimate of drug-likeness (QED) is 0.759. The molecule has 16 heavy (non-hydrogen) atoms. The summed E-state index contributed by atoms with van der Waals surface area (Å²) >= 11 is 5.49. The summed E-state index contributed by atoms with van der Waals surface area (Å²) in [4.78, 5) is 23.3. The first kappa shape index (κ1) is 15.0. The predicted octanol–water partition coefficient (Wildman–Crippen LogP) is 1.94. The van der Waals surface area contributed by atoms with Gasteiger partial charge in [0, 0.05) is 12.4 Å². The second-order valence-corrected chi connectivity index (χ2v) is 4.72. The van der Waals surface area contributed by atoms with Gasteiger partial charge in [0.25, 0.3) is 0 Å². The Morgan fingerprint density at radius 3 is 2.31 bits per heavy atom. The molecule has 0 unspecified atom stereocenters. The van der Waals surface area contributed by atoms with Crippen LogP contribution < -0.4 is 0 Å². The maximum atomic E-state index is 11.6. The number of aliphatic carboxylic acids is 1. The van der Waals surface area contributed by atoms with E-state index < -0.39 is 17.7 Å². The Morgan fingerprint density at radius 2 is 1.94 bits per heavy atom. The van der Waals surface area contributed by atoms with Gasteiger partial charge >= 0.3 is 12.1 Å². The third-order valence-corrected chi connectivity index (χ3v) is 1.81. The number of nitrogens with zero attached hydrogens (tertiary/aromatic N) is 1. The molecule has 1 N–H and O–H groups in total. The molecule has 0 radical (unpaired) electrons. The van der Waals surface area contributed by atoms with Gasteiger partial charge in [-0.05, 0) is 27.2 Å². The molecule has 0 heterocycles. The molecule has 0 bridgehead atoms. The number of carbonyl (C=O) groups is 2. The monoisotopic (exact) mass is 251 g/mol. The second kappa shape index (κ2) is 6.58. The average molecular weight is 252 g/mol. The van der Waals surface area contributed by atoms with Crippen LogP contribution >= 0.6 is 11.6 Å². The number of carboxylic acids is 1. The summed E-state index contributed by atoms with van der Waals surface area (Å²) < 4.78 is 5.08. The van der Waals surface area contributed by atoms with Crippen LogP contribution in [0.25, 0.3) is 0 Å². The third kappa shape index (κ3) is 7.34. The summed E-state index contributed by atoms with van der Waals surface area (Å²) in [5.41, 5.74) is -0.630. The van der Waals surface area contributed by atoms with Gasteiger partial charge in [0.05, 0.1) is 0 Å². The number of carboxylic acid groups (broad SMARTS) is 1. The number of hydrogen-bond donors (Lipinski definition) is 1. The van der Waals surface area contributed by atoms with E-state index in [2.05, 4.69) is 0 Å². The molecule has 1 amide bonds. The first-order chi connectivity index (χ1) is 7.26. The maximum absolute atomic E-state index is 11.6.